The Bertz CT molecular complexity index is 963. The number of carbonyl (C=O) groups excluding carboxylic acids is 1. The minimum Gasteiger partial charge on any atom is -0.369 e. The first-order chi connectivity index (χ1) is 14.8. The van der Waals surface area contributed by atoms with Crippen molar-refractivity contribution in [2.24, 2.45) is 0 Å². The molecule has 2 aromatic carbocycles. The van der Waals surface area contributed by atoms with E-state index < -0.39 is 0 Å². The third-order valence-corrected chi connectivity index (χ3v) is 5.21. The number of piperazine rings is 1. The second-order valence-electron chi connectivity index (χ2n) is 7.37. The highest BCUT2D eigenvalue weighted by molar-refractivity contribution is 6.01. The van der Waals surface area contributed by atoms with Crippen molar-refractivity contribution >= 4 is 23.4 Å². The molecular weight excluding hydrogens is 372 g/mol. The van der Waals surface area contributed by atoms with Gasteiger partial charge in [0, 0.05) is 56.4 Å². The van der Waals surface area contributed by atoms with Gasteiger partial charge in [-0.15, -0.1) is 0 Å². The summed E-state index contributed by atoms with van der Waals surface area (Å²) in [5.74, 6) is -0.164. The second-order valence-corrected chi connectivity index (χ2v) is 7.37. The number of carbonyl (C=O) groups is 1. The first kappa shape index (κ1) is 19.9. The van der Waals surface area contributed by atoms with Crippen LogP contribution >= 0.6 is 0 Å². The topological polar surface area (TPSA) is 48.5 Å². The summed E-state index contributed by atoms with van der Waals surface area (Å²) >= 11 is 0. The van der Waals surface area contributed by atoms with Crippen molar-refractivity contribution in [2.45, 2.75) is 6.54 Å². The maximum atomic E-state index is 12.1. The van der Waals surface area contributed by atoms with E-state index in [1.54, 1.807) is 12.3 Å². The molecule has 5 heteroatoms. The van der Waals surface area contributed by atoms with Gasteiger partial charge in [-0.1, -0.05) is 36.4 Å². The van der Waals surface area contributed by atoms with Crippen LogP contribution in [-0.2, 0) is 11.3 Å². The minimum absolute atomic E-state index is 0.164. The van der Waals surface area contributed by atoms with Crippen LogP contribution in [0.15, 0.2) is 85.1 Å². The number of aromatic nitrogens is 1. The van der Waals surface area contributed by atoms with Crippen LogP contribution in [0.2, 0.25) is 0 Å². The number of hydrogen-bond donors (Lipinski definition) is 1. The predicted octanol–water partition coefficient (Wildman–Crippen LogP) is 4.06. The lowest BCUT2D eigenvalue weighted by Crippen LogP contribution is -2.45. The van der Waals surface area contributed by atoms with E-state index in [0.717, 1.165) is 44.1 Å². The highest BCUT2D eigenvalue weighted by Crippen LogP contribution is 2.20. The first-order valence-electron chi connectivity index (χ1n) is 10.3. The molecule has 1 N–H and O–H groups in total. The van der Waals surface area contributed by atoms with Gasteiger partial charge in [-0.3, -0.25) is 14.7 Å². The maximum Gasteiger partial charge on any atom is 0.248 e. The molecule has 0 radical (unpaired) electrons. The van der Waals surface area contributed by atoms with E-state index >= 15 is 0 Å². The van der Waals surface area contributed by atoms with E-state index in [9.17, 15) is 4.79 Å². The summed E-state index contributed by atoms with van der Waals surface area (Å²) in [6.07, 6.45) is 4.92. The van der Waals surface area contributed by atoms with Crippen LogP contribution in [0, 0.1) is 0 Å². The predicted molar refractivity (Wildman–Crippen MR) is 122 cm³/mol. The molecule has 1 aromatic heterocycles. The summed E-state index contributed by atoms with van der Waals surface area (Å²) < 4.78 is 0. The molecule has 1 aliphatic heterocycles. The number of nitrogens with one attached hydrogen (secondary N) is 1. The SMILES string of the molecule is O=C(C=Cc1ccccn1)Nc1ccc(N2CCN(Cc3ccccc3)CC2)cc1. The maximum absolute atomic E-state index is 12.1. The Hall–Kier alpha value is -3.44. The molecule has 4 rings (SSSR count). The highest BCUT2D eigenvalue weighted by atomic mass is 16.1. The normalized spacial score (nSPS) is 14.7. The van der Waals surface area contributed by atoms with Gasteiger partial charge in [0.25, 0.3) is 0 Å². The van der Waals surface area contributed by atoms with Crippen molar-refractivity contribution in [1.82, 2.24) is 9.88 Å². The Labute approximate surface area is 177 Å². The third-order valence-electron chi connectivity index (χ3n) is 5.21. The summed E-state index contributed by atoms with van der Waals surface area (Å²) in [7, 11) is 0. The summed E-state index contributed by atoms with van der Waals surface area (Å²) in [5, 5.41) is 2.90. The zero-order valence-electron chi connectivity index (χ0n) is 16.9. The fourth-order valence-electron chi connectivity index (χ4n) is 3.58. The Kier molecular flexibility index (Phi) is 6.52. The summed E-state index contributed by atoms with van der Waals surface area (Å²) in [6.45, 7) is 5.11. The van der Waals surface area contributed by atoms with Gasteiger partial charge in [0.2, 0.25) is 5.91 Å². The number of hydrogen-bond acceptors (Lipinski definition) is 4. The van der Waals surface area contributed by atoms with Crippen LogP contribution in [0.4, 0.5) is 11.4 Å². The lowest BCUT2D eigenvalue weighted by molar-refractivity contribution is -0.111. The molecule has 1 amide bonds. The van der Waals surface area contributed by atoms with Crippen LogP contribution in [0.25, 0.3) is 6.08 Å². The van der Waals surface area contributed by atoms with Crippen LogP contribution in [0.3, 0.4) is 0 Å². The smallest absolute Gasteiger partial charge is 0.248 e. The van der Waals surface area contributed by atoms with Crippen LogP contribution in [-0.4, -0.2) is 42.0 Å². The van der Waals surface area contributed by atoms with E-state index in [2.05, 4.69) is 62.6 Å². The third kappa shape index (κ3) is 5.55. The average molecular weight is 399 g/mol. The molecule has 0 unspecified atom stereocenters. The molecule has 5 nitrogen and oxygen atoms in total. The van der Waals surface area contributed by atoms with Gasteiger partial charge in [0.05, 0.1) is 5.69 Å². The van der Waals surface area contributed by atoms with Crippen molar-refractivity contribution in [3.8, 4) is 0 Å². The Morgan fingerprint density at radius 3 is 2.33 bits per heavy atom. The van der Waals surface area contributed by atoms with E-state index in [1.807, 2.05) is 30.3 Å². The van der Waals surface area contributed by atoms with Crippen molar-refractivity contribution in [3.63, 3.8) is 0 Å². The van der Waals surface area contributed by atoms with Crippen molar-refractivity contribution in [2.75, 3.05) is 36.4 Å². The molecule has 0 atom stereocenters. The highest BCUT2D eigenvalue weighted by Gasteiger charge is 2.17. The van der Waals surface area contributed by atoms with Crippen molar-refractivity contribution in [1.29, 1.82) is 0 Å². The molecule has 1 saturated heterocycles. The average Bonchev–Trinajstić information content (AvgIpc) is 2.80. The van der Waals surface area contributed by atoms with Gasteiger partial charge in [0.1, 0.15) is 0 Å². The first-order valence-corrected chi connectivity index (χ1v) is 10.3. The van der Waals surface area contributed by atoms with Gasteiger partial charge < -0.3 is 10.2 Å². The molecule has 30 heavy (non-hydrogen) atoms. The van der Waals surface area contributed by atoms with Gasteiger partial charge in [-0.05, 0) is 48.0 Å². The van der Waals surface area contributed by atoms with Gasteiger partial charge in [-0.25, -0.2) is 0 Å². The number of pyridine rings is 1. The summed E-state index contributed by atoms with van der Waals surface area (Å²) in [4.78, 5) is 21.2. The van der Waals surface area contributed by atoms with Crippen molar-refractivity contribution < 1.29 is 4.79 Å². The number of nitrogens with zero attached hydrogens (tertiary/aromatic N) is 3. The van der Waals surface area contributed by atoms with Crippen LogP contribution < -0.4 is 10.2 Å². The Morgan fingerprint density at radius 2 is 1.63 bits per heavy atom. The molecule has 0 spiro atoms. The largest absolute Gasteiger partial charge is 0.369 e. The number of rotatable bonds is 6. The van der Waals surface area contributed by atoms with Gasteiger partial charge >= 0.3 is 0 Å². The standard InChI is InChI=1S/C25H26N4O/c30-25(14-11-22-8-4-5-15-26-22)27-23-9-12-24(13-10-23)29-18-16-28(17-19-29)20-21-6-2-1-3-7-21/h1-15H,16-20H2,(H,27,30). The molecule has 2 heterocycles. The van der Waals surface area contributed by atoms with Crippen molar-refractivity contribution in [3.05, 3.63) is 96.3 Å². The summed E-state index contributed by atoms with van der Waals surface area (Å²) in [5.41, 5.74) is 4.10. The molecule has 0 aliphatic carbocycles. The number of benzene rings is 2. The molecule has 152 valence electrons. The fraction of sp³-hybridized carbons (Fsp3) is 0.200. The molecular formula is C25H26N4O. The number of amides is 1. The van der Waals surface area contributed by atoms with Crippen LogP contribution in [0.1, 0.15) is 11.3 Å². The van der Waals surface area contributed by atoms with E-state index in [1.165, 1.54) is 17.3 Å². The quantitative estimate of drug-likeness (QED) is 0.637. The Morgan fingerprint density at radius 1 is 0.900 bits per heavy atom. The minimum atomic E-state index is -0.164. The molecule has 1 fully saturated rings. The van der Waals surface area contributed by atoms with E-state index in [4.69, 9.17) is 0 Å². The van der Waals surface area contributed by atoms with E-state index in [-0.39, 0.29) is 5.91 Å². The zero-order valence-corrected chi connectivity index (χ0v) is 16.9. The van der Waals surface area contributed by atoms with Gasteiger partial charge in [0.15, 0.2) is 0 Å². The molecule has 0 bridgehead atoms. The van der Waals surface area contributed by atoms with Crippen LogP contribution in [0.5, 0.6) is 0 Å². The summed E-state index contributed by atoms with van der Waals surface area (Å²) in [6, 6.07) is 24.3. The Balaban J connectivity index is 1.26. The molecule has 1 aliphatic rings. The second kappa shape index (κ2) is 9.85. The zero-order chi connectivity index (χ0) is 20.6. The molecule has 0 saturated carbocycles. The number of anilines is 2. The fourth-order valence-corrected chi connectivity index (χ4v) is 3.58. The van der Waals surface area contributed by atoms with Gasteiger partial charge in [-0.2, -0.15) is 0 Å². The molecule has 3 aromatic rings. The monoisotopic (exact) mass is 398 g/mol. The lowest BCUT2D eigenvalue weighted by atomic mass is 10.2. The lowest BCUT2D eigenvalue weighted by Gasteiger charge is -2.36. The van der Waals surface area contributed by atoms with E-state index in [0.29, 0.717) is 0 Å².